The van der Waals surface area contributed by atoms with Gasteiger partial charge in [-0.25, -0.2) is 4.79 Å². The Morgan fingerprint density at radius 1 is 1.17 bits per heavy atom. The molecule has 3 rings (SSSR count). The third kappa shape index (κ3) is 8.60. The number of rotatable bonds is 9. The number of carbonyl (C=O) groups is 2. The normalized spacial score (nSPS) is 16.2. The summed E-state index contributed by atoms with van der Waals surface area (Å²) in [6, 6.07) is 18.4. The van der Waals surface area contributed by atoms with E-state index in [1.165, 1.54) is 5.56 Å². The van der Waals surface area contributed by atoms with E-state index in [0.717, 1.165) is 36.1 Å². The molecule has 1 saturated heterocycles. The molecule has 2 aromatic rings. The Balaban J connectivity index is 1.56. The van der Waals surface area contributed by atoms with Crippen molar-refractivity contribution in [2.75, 3.05) is 19.6 Å². The molecule has 1 aliphatic heterocycles. The minimum atomic E-state index is -0.510. The van der Waals surface area contributed by atoms with Crippen LogP contribution < -0.4 is 10.1 Å². The molecule has 0 aliphatic carbocycles. The number of hydrogen-bond acceptors (Lipinski definition) is 5. The average Bonchev–Trinajstić information content (AvgIpc) is 3.29. The first-order valence-corrected chi connectivity index (χ1v) is 12.6. The molecule has 0 radical (unpaired) electrons. The zero-order valence-electron chi connectivity index (χ0n) is 21.8. The second-order valence-electron chi connectivity index (χ2n) is 10.5. The number of nitriles is 1. The van der Waals surface area contributed by atoms with Crippen molar-refractivity contribution in [3.8, 4) is 22.9 Å². The van der Waals surface area contributed by atoms with Crippen molar-refractivity contribution >= 4 is 12.0 Å². The molecule has 192 valence electrons. The van der Waals surface area contributed by atoms with E-state index < -0.39 is 5.60 Å². The highest BCUT2D eigenvalue weighted by Crippen LogP contribution is 2.27. The van der Waals surface area contributed by atoms with Crippen molar-refractivity contribution in [3.63, 3.8) is 0 Å². The van der Waals surface area contributed by atoms with Crippen LogP contribution in [0.1, 0.15) is 52.5 Å². The van der Waals surface area contributed by atoms with Crippen LogP contribution in [0.5, 0.6) is 5.75 Å². The van der Waals surface area contributed by atoms with Crippen molar-refractivity contribution in [1.82, 2.24) is 10.2 Å². The highest BCUT2D eigenvalue weighted by atomic mass is 16.6. The first kappa shape index (κ1) is 27.1. The number of benzene rings is 2. The van der Waals surface area contributed by atoms with Gasteiger partial charge < -0.3 is 19.7 Å². The van der Waals surface area contributed by atoms with Gasteiger partial charge in [-0.15, -0.1) is 0 Å². The van der Waals surface area contributed by atoms with Crippen LogP contribution in [0.25, 0.3) is 11.1 Å². The second kappa shape index (κ2) is 12.4. The standard InChI is InChI=1S/C29H37N3O4/c1-21(17-27(33)31-15-14-30)11-12-22-7-5-8-23(18-22)24-9-6-10-25(19-24)35-26-13-16-32(20-26)28(34)36-29(2,3)4/h5-10,18-19,21,26H,11-13,15-17,20H2,1-4H3,(H,31,33). The predicted octanol–water partition coefficient (Wildman–Crippen LogP) is 5.34. The smallest absolute Gasteiger partial charge is 0.410 e. The van der Waals surface area contributed by atoms with E-state index in [1.807, 2.05) is 45.0 Å². The van der Waals surface area contributed by atoms with Crippen molar-refractivity contribution in [1.29, 1.82) is 5.26 Å². The maximum atomic E-state index is 12.3. The summed E-state index contributed by atoms with van der Waals surface area (Å²) in [4.78, 5) is 25.9. The van der Waals surface area contributed by atoms with Crippen LogP contribution in [0, 0.1) is 17.2 Å². The van der Waals surface area contributed by atoms with Gasteiger partial charge >= 0.3 is 6.09 Å². The lowest BCUT2D eigenvalue weighted by Gasteiger charge is -2.24. The Bertz CT molecular complexity index is 1090. The molecule has 0 spiro atoms. The summed E-state index contributed by atoms with van der Waals surface area (Å²) in [6.07, 6.45) is 2.60. The van der Waals surface area contributed by atoms with Crippen LogP contribution in [-0.2, 0) is 16.0 Å². The van der Waals surface area contributed by atoms with Crippen LogP contribution in [-0.4, -0.2) is 48.2 Å². The van der Waals surface area contributed by atoms with Gasteiger partial charge in [0.2, 0.25) is 5.91 Å². The average molecular weight is 492 g/mol. The molecule has 2 aromatic carbocycles. The fourth-order valence-electron chi connectivity index (χ4n) is 4.21. The van der Waals surface area contributed by atoms with Gasteiger partial charge in [0.15, 0.2) is 0 Å². The molecule has 2 amide bonds. The topological polar surface area (TPSA) is 91.7 Å². The number of aryl methyl sites for hydroxylation is 1. The largest absolute Gasteiger partial charge is 0.488 e. The fraction of sp³-hybridized carbons (Fsp3) is 0.483. The van der Waals surface area contributed by atoms with Gasteiger partial charge in [0.1, 0.15) is 24.0 Å². The Hall–Kier alpha value is -3.53. The summed E-state index contributed by atoms with van der Waals surface area (Å²) in [6.45, 7) is 8.86. The lowest BCUT2D eigenvalue weighted by Crippen LogP contribution is -2.36. The lowest BCUT2D eigenvalue weighted by atomic mass is 9.95. The van der Waals surface area contributed by atoms with Crippen LogP contribution in [0.15, 0.2) is 48.5 Å². The van der Waals surface area contributed by atoms with Crippen molar-refractivity contribution in [3.05, 3.63) is 54.1 Å². The number of nitrogens with one attached hydrogen (secondary N) is 1. The van der Waals surface area contributed by atoms with E-state index in [1.54, 1.807) is 4.90 Å². The molecule has 1 aliphatic rings. The zero-order chi connectivity index (χ0) is 26.1. The molecule has 2 unspecified atom stereocenters. The summed E-state index contributed by atoms with van der Waals surface area (Å²) in [5.41, 5.74) is 2.88. The highest BCUT2D eigenvalue weighted by molar-refractivity contribution is 5.76. The van der Waals surface area contributed by atoms with E-state index >= 15 is 0 Å². The predicted molar refractivity (Wildman–Crippen MR) is 139 cm³/mol. The molecule has 0 saturated carbocycles. The van der Waals surface area contributed by atoms with Gasteiger partial charge in [-0.2, -0.15) is 5.26 Å². The second-order valence-corrected chi connectivity index (χ2v) is 10.5. The van der Waals surface area contributed by atoms with Crippen molar-refractivity contribution in [2.45, 2.75) is 65.1 Å². The molecule has 7 nitrogen and oxygen atoms in total. The van der Waals surface area contributed by atoms with Crippen LogP contribution in [0.4, 0.5) is 4.79 Å². The molecule has 36 heavy (non-hydrogen) atoms. The zero-order valence-corrected chi connectivity index (χ0v) is 21.8. The summed E-state index contributed by atoms with van der Waals surface area (Å²) in [5.74, 6) is 0.938. The number of hydrogen-bond donors (Lipinski definition) is 1. The Morgan fingerprint density at radius 2 is 1.89 bits per heavy atom. The van der Waals surface area contributed by atoms with Crippen LogP contribution in [0.3, 0.4) is 0 Å². The van der Waals surface area contributed by atoms with E-state index in [-0.39, 0.29) is 30.6 Å². The minimum absolute atomic E-state index is 0.0547. The minimum Gasteiger partial charge on any atom is -0.488 e. The molecule has 0 bridgehead atoms. The first-order valence-electron chi connectivity index (χ1n) is 12.6. The van der Waals surface area contributed by atoms with E-state index in [9.17, 15) is 9.59 Å². The Morgan fingerprint density at radius 3 is 2.61 bits per heavy atom. The molecular weight excluding hydrogens is 454 g/mol. The molecule has 1 fully saturated rings. The van der Waals surface area contributed by atoms with Crippen molar-refractivity contribution < 1.29 is 19.1 Å². The van der Waals surface area contributed by atoms with E-state index in [0.29, 0.717) is 19.5 Å². The summed E-state index contributed by atoms with van der Waals surface area (Å²) >= 11 is 0. The molecule has 0 aromatic heterocycles. The Kier molecular flexibility index (Phi) is 9.35. The van der Waals surface area contributed by atoms with Gasteiger partial charge in [-0.3, -0.25) is 4.79 Å². The summed E-state index contributed by atoms with van der Waals surface area (Å²) in [5, 5.41) is 11.2. The van der Waals surface area contributed by atoms with Gasteiger partial charge in [0, 0.05) is 19.4 Å². The first-order chi connectivity index (χ1) is 17.1. The SMILES string of the molecule is CC(CCc1cccc(-c2cccc(OC3CCN(C(=O)OC(C)(C)C)C3)c2)c1)CC(=O)NCC#N. The number of ether oxygens (including phenoxy) is 2. The number of likely N-dealkylation sites (tertiary alicyclic amines) is 1. The molecule has 1 heterocycles. The fourth-order valence-corrected chi connectivity index (χ4v) is 4.21. The molecule has 1 N–H and O–H groups in total. The number of nitrogens with zero attached hydrogens (tertiary/aromatic N) is 2. The quantitative estimate of drug-likeness (QED) is 0.478. The third-order valence-corrected chi connectivity index (χ3v) is 6.02. The molecule has 7 heteroatoms. The molecule has 2 atom stereocenters. The maximum Gasteiger partial charge on any atom is 0.410 e. The Labute approximate surface area is 214 Å². The molecular formula is C29H37N3O4. The highest BCUT2D eigenvalue weighted by Gasteiger charge is 2.30. The summed E-state index contributed by atoms with van der Waals surface area (Å²) in [7, 11) is 0. The van der Waals surface area contributed by atoms with Gasteiger partial charge in [-0.1, -0.05) is 43.3 Å². The van der Waals surface area contributed by atoms with Crippen LogP contribution in [0.2, 0.25) is 0 Å². The number of carbonyl (C=O) groups excluding carboxylic acids is 2. The van der Waals surface area contributed by atoms with Gasteiger partial charge in [0.05, 0.1) is 12.6 Å². The monoisotopic (exact) mass is 491 g/mol. The van der Waals surface area contributed by atoms with E-state index in [4.69, 9.17) is 14.7 Å². The third-order valence-electron chi connectivity index (χ3n) is 6.02. The lowest BCUT2D eigenvalue weighted by molar-refractivity contribution is -0.121. The van der Waals surface area contributed by atoms with Gasteiger partial charge in [-0.05, 0) is 68.4 Å². The van der Waals surface area contributed by atoms with Crippen LogP contribution >= 0.6 is 0 Å². The number of amides is 2. The summed E-state index contributed by atoms with van der Waals surface area (Å²) < 4.78 is 11.7. The van der Waals surface area contributed by atoms with Crippen molar-refractivity contribution in [2.24, 2.45) is 5.92 Å². The van der Waals surface area contributed by atoms with E-state index in [2.05, 4.69) is 42.6 Å². The maximum absolute atomic E-state index is 12.3. The van der Waals surface area contributed by atoms with Gasteiger partial charge in [0.25, 0.3) is 0 Å².